The van der Waals surface area contributed by atoms with Crippen molar-refractivity contribution >= 4 is 20.8 Å². The molecular weight excluding hydrogens is 324 g/mol. The van der Waals surface area contributed by atoms with Crippen molar-refractivity contribution in [1.82, 2.24) is 14.6 Å². The summed E-state index contributed by atoms with van der Waals surface area (Å²) in [7, 11) is -3.51. The first-order valence-corrected chi connectivity index (χ1v) is 9.75. The number of hydrogen-bond acceptors (Lipinski definition) is 5. The van der Waals surface area contributed by atoms with E-state index in [1.165, 1.54) is 0 Å². The van der Waals surface area contributed by atoms with Crippen LogP contribution in [0.15, 0.2) is 35.5 Å². The summed E-state index contributed by atoms with van der Waals surface area (Å²) in [5.74, 6) is 0. The number of pyridine rings is 1. The lowest BCUT2D eigenvalue weighted by Gasteiger charge is -2.19. The molecule has 1 aromatic heterocycles. The van der Waals surface area contributed by atoms with E-state index >= 15 is 0 Å². The summed E-state index contributed by atoms with van der Waals surface area (Å²) < 4.78 is 27.9. The molecule has 0 amide bonds. The summed E-state index contributed by atoms with van der Waals surface area (Å²) in [4.78, 5) is 4.54. The lowest BCUT2D eigenvalue weighted by Crippen LogP contribution is -2.36. The van der Waals surface area contributed by atoms with Crippen molar-refractivity contribution in [3.63, 3.8) is 0 Å². The SMILES string of the molecule is Cc1cncc2cccc(S(=O)(=O)N3CCC(NCCCN)C3)c12. The second-order valence-electron chi connectivity index (χ2n) is 6.26. The monoisotopic (exact) mass is 348 g/mol. The van der Waals surface area contributed by atoms with Crippen LogP contribution in [0.25, 0.3) is 10.8 Å². The maximum absolute atomic E-state index is 13.1. The number of fused-ring (bicyclic) bond motifs is 1. The number of nitrogens with one attached hydrogen (secondary N) is 1. The second kappa shape index (κ2) is 7.14. The van der Waals surface area contributed by atoms with Crippen LogP contribution in [0.3, 0.4) is 0 Å². The van der Waals surface area contributed by atoms with Crippen LogP contribution in [0.4, 0.5) is 0 Å². The van der Waals surface area contributed by atoms with Crippen molar-refractivity contribution in [2.75, 3.05) is 26.2 Å². The van der Waals surface area contributed by atoms with E-state index in [-0.39, 0.29) is 6.04 Å². The van der Waals surface area contributed by atoms with Gasteiger partial charge < -0.3 is 11.1 Å². The van der Waals surface area contributed by atoms with Crippen molar-refractivity contribution in [2.24, 2.45) is 5.73 Å². The van der Waals surface area contributed by atoms with E-state index in [0.717, 1.165) is 35.7 Å². The molecule has 3 rings (SSSR count). The predicted molar refractivity (Wildman–Crippen MR) is 95.3 cm³/mol. The molecule has 1 aliphatic heterocycles. The molecule has 7 heteroatoms. The van der Waals surface area contributed by atoms with E-state index in [0.29, 0.717) is 24.5 Å². The topological polar surface area (TPSA) is 88.3 Å². The molecule has 1 aliphatic rings. The molecule has 1 unspecified atom stereocenters. The summed E-state index contributed by atoms with van der Waals surface area (Å²) >= 11 is 0. The second-order valence-corrected chi connectivity index (χ2v) is 8.16. The van der Waals surface area contributed by atoms with Crippen molar-refractivity contribution in [1.29, 1.82) is 0 Å². The molecule has 0 radical (unpaired) electrons. The minimum absolute atomic E-state index is 0.198. The van der Waals surface area contributed by atoms with Gasteiger partial charge in [-0.05, 0) is 44.5 Å². The highest BCUT2D eigenvalue weighted by atomic mass is 32.2. The highest BCUT2D eigenvalue weighted by Crippen LogP contribution is 2.29. The summed E-state index contributed by atoms with van der Waals surface area (Å²) in [6.45, 7) is 4.42. The largest absolute Gasteiger partial charge is 0.330 e. The first kappa shape index (κ1) is 17.3. The number of sulfonamides is 1. The van der Waals surface area contributed by atoms with E-state index in [2.05, 4.69) is 10.3 Å². The lowest BCUT2D eigenvalue weighted by atomic mass is 10.1. The van der Waals surface area contributed by atoms with Gasteiger partial charge in [0, 0.05) is 42.3 Å². The average Bonchev–Trinajstić information content (AvgIpc) is 3.05. The lowest BCUT2D eigenvalue weighted by molar-refractivity contribution is 0.456. The number of nitrogens with zero attached hydrogens (tertiary/aromatic N) is 2. The molecule has 0 saturated carbocycles. The maximum Gasteiger partial charge on any atom is 0.243 e. The first-order chi connectivity index (χ1) is 11.5. The van der Waals surface area contributed by atoms with Crippen LogP contribution >= 0.6 is 0 Å². The van der Waals surface area contributed by atoms with E-state index < -0.39 is 10.0 Å². The van der Waals surface area contributed by atoms with Gasteiger partial charge in [-0.2, -0.15) is 4.31 Å². The van der Waals surface area contributed by atoms with Crippen LogP contribution in [-0.2, 0) is 10.0 Å². The molecule has 0 bridgehead atoms. The standard InChI is InChI=1S/C17H24N4O2S/c1-13-10-19-11-14-4-2-5-16(17(13)14)24(22,23)21-9-6-15(12-21)20-8-3-7-18/h2,4-5,10-11,15,20H,3,6-9,12,18H2,1H3. The van der Waals surface area contributed by atoms with Crippen LogP contribution in [0.1, 0.15) is 18.4 Å². The van der Waals surface area contributed by atoms with Gasteiger partial charge in [0.15, 0.2) is 0 Å². The van der Waals surface area contributed by atoms with Gasteiger partial charge in [0.2, 0.25) is 10.0 Å². The molecule has 2 heterocycles. The number of hydrogen-bond donors (Lipinski definition) is 2. The zero-order chi connectivity index (χ0) is 17.2. The Hall–Kier alpha value is -1.54. The van der Waals surface area contributed by atoms with Crippen molar-refractivity contribution in [3.05, 3.63) is 36.2 Å². The van der Waals surface area contributed by atoms with Gasteiger partial charge in [0.25, 0.3) is 0 Å². The van der Waals surface area contributed by atoms with E-state index in [1.54, 1.807) is 28.8 Å². The summed E-state index contributed by atoms with van der Waals surface area (Å²) in [5.41, 5.74) is 6.38. The van der Waals surface area contributed by atoms with Crippen molar-refractivity contribution in [2.45, 2.75) is 30.7 Å². The average molecular weight is 348 g/mol. The number of benzene rings is 1. The molecule has 2 aromatic rings. The number of aryl methyl sites for hydroxylation is 1. The Kier molecular flexibility index (Phi) is 5.15. The number of aromatic nitrogens is 1. The van der Waals surface area contributed by atoms with Gasteiger partial charge in [0.05, 0.1) is 4.90 Å². The molecule has 1 fully saturated rings. The van der Waals surface area contributed by atoms with E-state index in [4.69, 9.17) is 5.73 Å². The zero-order valence-electron chi connectivity index (χ0n) is 13.9. The smallest absolute Gasteiger partial charge is 0.243 e. The number of nitrogens with two attached hydrogens (primary N) is 1. The minimum atomic E-state index is -3.51. The normalized spacial score (nSPS) is 19.2. The highest BCUT2D eigenvalue weighted by molar-refractivity contribution is 7.89. The van der Waals surface area contributed by atoms with Crippen molar-refractivity contribution < 1.29 is 8.42 Å². The molecule has 1 atom stereocenters. The molecule has 0 spiro atoms. The van der Waals surface area contributed by atoms with Gasteiger partial charge in [-0.15, -0.1) is 0 Å². The Labute approximate surface area is 143 Å². The highest BCUT2D eigenvalue weighted by Gasteiger charge is 2.33. The Morgan fingerprint density at radius 3 is 3.00 bits per heavy atom. The first-order valence-electron chi connectivity index (χ1n) is 8.31. The van der Waals surface area contributed by atoms with E-state index in [1.807, 2.05) is 13.0 Å². The molecule has 6 nitrogen and oxygen atoms in total. The molecular formula is C17H24N4O2S. The fourth-order valence-electron chi connectivity index (χ4n) is 3.25. The van der Waals surface area contributed by atoms with Crippen LogP contribution < -0.4 is 11.1 Å². The predicted octanol–water partition coefficient (Wildman–Crippen LogP) is 1.24. The van der Waals surface area contributed by atoms with Gasteiger partial charge in [-0.1, -0.05) is 12.1 Å². The van der Waals surface area contributed by atoms with Crippen LogP contribution in [0.5, 0.6) is 0 Å². The molecule has 130 valence electrons. The van der Waals surface area contributed by atoms with Crippen LogP contribution in [0.2, 0.25) is 0 Å². The van der Waals surface area contributed by atoms with Gasteiger partial charge >= 0.3 is 0 Å². The van der Waals surface area contributed by atoms with Crippen LogP contribution in [0, 0.1) is 6.92 Å². The third kappa shape index (κ3) is 3.30. The van der Waals surface area contributed by atoms with Gasteiger partial charge in [-0.25, -0.2) is 8.42 Å². The van der Waals surface area contributed by atoms with E-state index in [9.17, 15) is 8.42 Å². The zero-order valence-corrected chi connectivity index (χ0v) is 14.7. The maximum atomic E-state index is 13.1. The quantitative estimate of drug-likeness (QED) is 0.767. The number of rotatable bonds is 6. The fourth-order valence-corrected chi connectivity index (χ4v) is 5.03. The molecule has 0 aliphatic carbocycles. The van der Waals surface area contributed by atoms with Crippen LogP contribution in [-0.4, -0.2) is 49.9 Å². The Bertz CT molecular complexity index is 817. The minimum Gasteiger partial charge on any atom is -0.330 e. The molecule has 1 saturated heterocycles. The van der Waals surface area contributed by atoms with Gasteiger partial charge in [0.1, 0.15) is 0 Å². The Morgan fingerprint density at radius 1 is 1.38 bits per heavy atom. The molecule has 3 N–H and O–H groups in total. The third-order valence-corrected chi connectivity index (χ3v) is 6.42. The van der Waals surface area contributed by atoms with Crippen molar-refractivity contribution in [3.8, 4) is 0 Å². The summed E-state index contributed by atoms with van der Waals surface area (Å²) in [6, 6.07) is 5.57. The van der Waals surface area contributed by atoms with Gasteiger partial charge in [-0.3, -0.25) is 4.98 Å². The fraction of sp³-hybridized carbons (Fsp3) is 0.471. The molecule has 1 aromatic carbocycles. The Balaban J connectivity index is 1.87. The summed E-state index contributed by atoms with van der Waals surface area (Å²) in [5, 5.41) is 5.01. The summed E-state index contributed by atoms with van der Waals surface area (Å²) in [6.07, 6.45) is 5.15. The molecule has 24 heavy (non-hydrogen) atoms. The Morgan fingerprint density at radius 2 is 2.21 bits per heavy atom. The third-order valence-electron chi connectivity index (χ3n) is 4.52.